The molecule has 3 rings (SSSR count). The van der Waals surface area contributed by atoms with E-state index >= 15 is 0 Å². The molecule has 0 aromatic heterocycles. The molecule has 1 aliphatic carbocycles. The minimum absolute atomic E-state index is 0.104. The van der Waals surface area contributed by atoms with Crippen LogP contribution >= 0.6 is 0 Å². The molecule has 0 saturated carbocycles. The van der Waals surface area contributed by atoms with Crippen LogP contribution < -0.4 is 0 Å². The Hall–Kier alpha value is -4.66. The molecule has 1 aliphatic rings. The first-order valence-electron chi connectivity index (χ1n) is 9.07. The molecule has 0 unspecified atom stereocenters. The summed E-state index contributed by atoms with van der Waals surface area (Å²) in [5, 5.41) is 47.9. The number of carbonyl (C=O) groups is 4. The number of benzene rings is 2. The molecule has 9 nitrogen and oxygen atoms in total. The van der Waals surface area contributed by atoms with E-state index in [1.807, 2.05) is 0 Å². The van der Waals surface area contributed by atoms with Crippen molar-refractivity contribution < 1.29 is 44.7 Å². The minimum Gasteiger partial charge on any atom is -0.507 e. The zero-order valence-corrected chi connectivity index (χ0v) is 16.5. The van der Waals surface area contributed by atoms with Gasteiger partial charge >= 0.3 is 17.9 Å². The maximum Gasteiger partial charge on any atom is 0.339 e. The fourth-order valence-electron chi connectivity index (χ4n) is 3.30. The average molecular weight is 436 g/mol. The Morgan fingerprint density at radius 1 is 0.719 bits per heavy atom. The number of aromatic hydroxyl groups is 2. The van der Waals surface area contributed by atoms with Gasteiger partial charge in [-0.3, -0.25) is 4.79 Å². The van der Waals surface area contributed by atoms with Crippen molar-refractivity contribution in [2.75, 3.05) is 0 Å². The molecular formula is C23H16O9. The number of rotatable bonds is 5. The first-order chi connectivity index (χ1) is 15.0. The second kappa shape index (κ2) is 8.23. The van der Waals surface area contributed by atoms with Crippen molar-refractivity contribution in [1.82, 2.24) is 0 Å². The lowest BCUT2D eigenvalue weighted by atomic mass is 9.85. The van der Waals surface area contributed by atoms with Crippen LogP contribution in [-0.4, -0.2) is 49.2 Å². The molecule has 2 aromatic rings. The van der Waals surface area contributed by atoms with E-state index in [0.29, 0.717) is 0 Å². The number of aromatic carboxylic acids is 2. The Bertz CT molecular complexity index is 1230. The van der Waals surface area contributed by atoms with E-state index in [1.54, 1.807) is 0 Å². The second-order valence-corrected chi connectivity index (χ2v) is 6.92. The number of hydrogen-bond acceptors (Lipinski definition) is 6. The second-order valence-electron chi connectivity index (χ2n) is 6.92. The summed E-state index contributed by atoms with van der Waals surface area (Å²) in [7, 11) is 0. The average Bonchev–Trinajstić information content (AvgIpc) is 2.72. The van der Waals surface area contributed by atoms with Gasteiger partial charge in [0, 0.05) is 0 Å². The van der Waals surface area contributed by atoms with E-state index in [9.17, 15) is 44.7 Å². The van der Waals surface area contributed by atoms with Crippen molar-refractivity contribution in [1.29, 1.82) is 0 Å². The van der Waals surface area contributed by atoms with Crippen LogP contribution in [-0.2, 0) is 9.59 Å². The molecule has 0 fully saturated rings. The minimum atomic E-state index is -1.46. The van der Waals surface area contributed by atoms with Crippen molar-refractivity contribution in [2.24, 2.45) is 0 Å². The molecule has 0 radical (unpaired) electrons. The smallest absolute Gasteiger partial charge is 0.339 e. The van der Waals surface area contributed by atoms with Gasteiger partial charge in [0.05, 0.1) is 0 Å². The van der Waals surface area contributed by atoms with Gasteiger partial charge in [0.25, 0.3) is 0 Å². The number of hydrogen-bond donors (Lipinski definition) is 5. The number of allylic oxidation sites excluding steroid dienone is 4. The molecule has 162 valence electrons. The molecule has 32 heavy (non-hydrogen) atoms. The summed E-state index contributed by atoms with van der Waals surface area (Å²) in [6.07, 6.45) is 2.50. The summed E-state index contributed by atoms with van der Waals surface area (Å²) in [6.45, 7) is 1.41. The maximum absolute atomic E-state index is 12.2. The Morgan fingerprint density at radius 2 is 1.19 bits per heavy atom. The van der Waals surface area contributed by atoms with Crippen molar-refractivity contribution >= 4 is 29.3 Å². The Kier molecular flexibility index (Phi) is 5.67. The Morgan fingerprint density at radius 3 is 1.59 bits per heavy atom. The predicted molar refractivity (Wildman–Crippen MR) is 111 cm³/mol. The normalized spacial score (nSPS) is 13.3. The molecule has 0 saturated heterocycles. The molecule has 2 aromatic carbocycles. The summed E-state index contributed by atoms with van der Waals surface area (Å²) < 4.78 is 0. The van der Waals surface area contributed by atoms with Crippen LogP contribution in [0.1, 0.15) is 38.8 Å². The number of phenols is 2. The third kappa shape index (κ3) is 3.99. The van der Waals surface area contributed by atoms with Gasteiger partial charge < -0.3 is 25.5 Å². The number of ketones is 1. The highest BCUT2D eigenvalue weighted by atomic mass is 16.4. The van der Waals surface area contributed by atoms with Crippen molar-refractivity contribution in [3.05, 3.63) is 87.5 Å². The van der Waals surface area contributed by atoms with Gasteiger partial charge in [-0.25, -0.2) is 14.4 Å². The predicted octanol–water partition coefficient (Wildman–Crippen LogP) is 2.84. The fraction of sp³-hybridized carbons (Fsp3) is 0.0435. The third-order valence-corrected chi connectivity index (χ3v) is 4.82. The van der Waals surface area contributed by atoms with Gasteiger partial charge in [-0.2, -0.15) is 0 Å². The molecule has 9 heteroatoms. The summed E-state index contributed by atoms with van der Waals surface area (Å²) in [4.78, 5) is 46.8. The summed E-state index contributed by atoms with van der Waals surface area (Å²) in [5.41, 5.74) is -0.489. The zero-order chi connectivity index (χ0) is 23.7. The number of aliphatic carboxylic acids is 1. The SMILES string of the molecule is CC1=CC(=C(c2ccc(O)c(C(=O)O)c2)c2ccc(O)c(C(=O)O)c2)C=C(C(=O)O)C1=O. The van der Waals surface area contributed by atoms with E-state index in [1.165, 1.54) is 25.1 Å². The van der Waals surface area contributed by atoms with Crippen LogP contribution in [0, 0.1) is 0 Å². The van der Waals surface area contributed by atoms with Gasteiger partial charge in [0.15, 0.2) is 5.78 Å². The highest BCUT2D eigenvalue weighted by Gasteiger charge is 2.26. The topological polar surface area (TPSA) is 169 Å². The summed E-state index contributed by atoms with van der Waals surface area (Å²) >= 11 is 0. The zero-order valence-electron chi connectivity index (χ0n) is 16.5. The first kappa shape index (κ1) is 22.0. The van der Waals surface area contributed by atoms with Gasteiger partial charge in [-0.05, 0) is 71.2 Å². The van der Waals surface area contributed by atoms with E-state index < -0.39 is 51.9 Å². The van der Waals surface area contributed by atoms with Crippen LogP contribution in [0.5, 0.6) is 11.5 Å². The molecule has 0 bridgehead atoms. The fourth-order valence-corrected chi connectivity index (χ4v) is 3.30. The molecule has 0 aliphatic heterocycles. The summed E-state index contributed by atoms with van der Waals surface area (Å²) in [5.74, 6) is -6.01. The molecule has 0 amide bonds. The van der Waals surface area contributed by atoms with Crippen molar-refractivity contribution in [3.8, 4) is 11.5 Å². The molecule has 0 heterocycles. The van der Waals surface area contributed by atoms with Crippen LogP contribution in [0.3, 0.4) is 0 Å². The summed E-state index contributed by atoms with van der Waals surface area (Å²) in [6, 6.07) is 7.27. The maximum atomic E-state index is 12.2. The molecule has 5 N–H and O–H groups in total. The van der Waals surface area contributed by atoms with E-state index in [2.05, 4.69) is 0 Å². The Balaban J connectivity index is 2.42. The van der Waals surface area contributed by atoms with E-state index in [4.69, 9.17) is 0 Å². The number of Topliss-reactive ketones (excluding diaryl/α,β-unsaturated/α-hetero) is 1. The van der Waals surface area contributed by atoms with Crippen molar-refractivity contribution in [2.45, 2.75) is 6.92 Å². The highest BCUT2D eigenvalue weighted by molar-refractivity contribution is 6.25. The van der Waals surface area contributed by atoms with Crippen LogP contribution in [0.15, 0.2) is 65.3 Å². The van der Waals surface area contributed by atoms with E-state index in [-0.39, 0.29) is 27.8 Å². The van der Waals surface area contributed by atoms with Crippen LogP contribution in [0.2, 0.25) is 0 Å². The number of carbonyl (C=O) groups excluding carboxylic acids is 1. The third-order valence-electron chi connectivity index (χ3n) is 4.82. The highest BCUT2D eigenvalue weighted by Crippen LogP contribution is 2.35. The van der Waals surface area contributed by atoms with Gasteiger partial charge in [-0.1, -0.05) is 12.1 Å². The first-order valence-corrected chi connectivity index (χ1v) is 9.07. The van der Waals surface area contributed by atoms with Crippen LogP contribution in [0.4, 0.5) is 0 Å². The number of carboxylic acid groups (broad SMARTS) is 3. The standard InChI is InChI=1S/C23H16O9/c1-10-6-13(9-16(20(10)26)23(31)32)19(11-2-4-17(24)14(7-11)21(27)28)12-3-5-18(25)15(8-12)22(29)30/h2-9,24-25H,1H3,(H,27,28)(H,29,30)(H,31,32). The lowest BCUT2D eigenvalue weighted by Crippen LogP contribution is -2.17. The van der Waals surface area contributed by atoms with Crippen LogP contribution in [0.25, 0.3) is 5.57 Å². The number of carboxylic acids is 3. The monoisotopic (exact) mass is 436 g/mol. The van der Waals surface area contributed by atoms with Gasteiger partial charge in [0.1, 0.15) is 28.2 Å². The molecule has 0 atom stereocenters. The van der Waals surface area contributed by atoms with E-state index in [0.717, 1.165) is 30.3 Å². The molecular weight excluding hydrogens is 420 g/mol. The van der Waals surface area contributed by atoms with Crippen molar-refractivity contribution in [3.63, 3.8) is 0 Å². The van der Waals surface area contributed by atoms with Gasteiger partial charge in [-0.15, -0.1) is 0 Å². The Labute approximate surface area is 180 Å². The quantitative estimate of drug-likeness (QED) is 0.442. The largest absolute Gasteiger partial charge is 0.507 e. The lowest BCUT2D eigenvalue weighted by molar-refractivity contribution is -0.134. The van der Waals surface area contributed by atoms with Gasteiger partial charge in [0.2, 0.25) is 0 Å². The molecule has 0 spiro atoms. The lowest BCUT2D eigenvalue weighted by Gasteiger charge is -2.18.